The molecular formula is C41H48N2O9. The second kappa shape index (κ2) is 22.9. The molecule has 0 bridgehead atoms. The number of unbranched alkanes of at least 4 members (excludes halogenated alkanes) is 6. The summed E-state index contributed by atoms with van der Waals surface area (Å²) in [5.41, 5.74) is 7.76. The quantitative estimate of drug-likeness (QED) is 0.0173. The number of nitrogens with one attached hydrogen (secondary N) is 1. The number of hydrogen-bond donors (Lipinski definition) is 2. The monoisotopic (exact) mass is 712 g/mol. The molecule has 3 aromatic carbocycles. The Morgan fingerprint density at radius 2 is 1.08 bits per heavy atom. The van der Waals surface area contributed by atoms with Crippen molar-refractivity contribution in [2.24, 2.45) is 5.73 Å². The number of amidine groups is 1. The number of benzene rings is 3. The number of carbonyl (C=O) groups excluding carboxylic acids is 4. The molecule has 0 fully saturated rings. The summed E-state index contributed by atoms with van der Waals surface area (Å²) in [4.78, 5) is 48.0. The first-order valence-corrected chi connectivity index (χ1v) is 17.5. The number of ketones is 1. The Balaban J connectivity index is 1.42. The lowest BCUT2D eigenvalue weighted by Gasteiger charge is -2.12. The predicted molar refractivity (Wildman–Crippen MR) is 198 cm³/mol. The van der Waals surface area contributed by atoms with Crippen molar-refractivity contribution in [1.82, 2.24) is 0 Å². The Morgan fingerprint density at radius 3 is 1.56 bits per heavy atom. The van der Waals surface area contributed by atoms with Crippen molar-refractivity contribution >= 4 is 29.5 Å². The van der Waals surface area contributed by atoms with Crippen LogP contribution in [0.1, 0.15) is 89.6 Å². The number of esters is 3. The number of ether oxygens (including phenoxy) is 5. The molecule has 0 unspecified atom stereocenters. The molecule has 11 heteroatoms. The van der Waals surface area contributed by atoms with Gasteiger partial charge < -0.3 is 29.4 Å². The van der Waals surface area contributed by atoms with Gasteiger partial charge in [0.1, 0.15) is 23.1 Å². The van der Waals surface area contributed by atoms with Crippen LogP contribution in [-0.4, -0.2) is 56.0 Å². The van der Waals surface area contributed by atoms with Crippen LogP contribution in [0.25, 0.3) is 0 Å². The molecule has 0 radical (unpaired) electrons. The molecule has 3 rings (SSSR count). The summed E-state index contributed by atoms with van der Waals surface area (Å²) in [7, 11) is 0. The molecule has 276 valence electrons. The van der Waals surface area contributed by atoms with Gasteiger partial charge in [0.15, 0.2) is 5.78 Å². The Bertz CT molecular complexity index is 1650. The van der Waals surface area contributed by atoms with E-state index >= 15 is 0 Å². The standard InChI is InChI=1S/C41H48N2O9/c1-3-38(45)50-27-11-7-5-9-25-48-33-18-13-30(14-19-33)37(44)24-17-32-29-35(22-23-36(32)40(42)43)52-41(47)31-15-20-34(21-16-31)49-26-10-6-8-12-28-51-39(46)4-2/h3-4,13-16,18-23,29H,1-2,5-12,17,24-28H2,(H3,42,43). The lowest BCUT2D eigenvalue weighted by molar-refractivity contribution is -0.138. The fourth-order valence-electron chi connectivity index (χ4n) is 5.04. The number of nitrogens with two attached hydrogens (primary N) is 1. The third-order valence-electron chi connectivity index (χ3n) is 7.90. The molecule has 0 saturated carbocycles. The van der Waals surface area contributed by atoms with E-state index in [0.29, 0.717) is 66.6 Å². The average Bonchev–Trinajstić information content (AvgIpc) is 3.16. The van der Waals surface area contributed by atoms with Crippen LogP contribution >= 0.6 is 0 Å². The molecule has 0 amide bonds. The molecule has 0 heterocycles. The van der Waals surface area contributed by atoms with Crippen LogP contribution in [0, 0.1) is 5.41 Å². The molecule has 3 N–H and O–H groups in total. The number of aryl methyl sites for hydroxylation is 1. The van der Waals surface area contributed by atoms with Crippen molar-refractivity contribution in [2.45, 2.75) is 64.2 Å². The maximum absolute atomic E-state index is 13.0. The lowest BCUT2D eigenvalue weighted by atomic mass is 9.98. The van der Waals surface area contributed by atoms with Gasteiger partial charge in [-0.3, -0.25) is 10.2 Å². The number of hydrogen-bond acceptors (Lipinski definition) is 10. The molecule has 52 heavy (non-hydrogen) atoms. The highest BCUT2D eigenvalue weighted by Crippen LogP contribution is 2.23. The van der Waals surface area contributed by atoms with Gasteiger partial charge >= 0.3 is 17.9 Å². The molecule has 0 aliphatic rings. The third-order valence-corrected chi connectivity index (χ3v) is 7.90. The van der Waals surface area contributed by atoms with Gasteiger partial charge in [-0.15, -0.1) is 0 Å². The summed E-state index contributed by atoms with van der Waals surface area (Å²) in [6.45, 7) is 8.54. The van der Waals surface area contributed by atoms with Gasteiger partial charge in [0.2, 0.25) is 0 Å². The first kappa shape index (κ1) is 40.7. The van der Waals surface area contributed by atoms with Crippen molar-refractivity contribution < 1.29 is 42.9 Å². The van der Waals surface area contributed by atoms with E-state index in [0.717, 1.165) is 63.5 Å². The molecular weight excluding hydrogens is 664 g/mol. The maximum atomic E-state index is 13.0. The van der Waals surface area contributed by atoms with Crippen LogP contribution in [-0.2, 0) is 25.5 Å². The van der Waals surface area contributed by atoms with Crippen molar-refractivity contribution in [1.29, 1.82) is 5.41 Å². The average molecular weight is 713 g/mol. The minimum atomic E-state index is -0.560. The zero-order chi connectivity index (χ0) is 37.6. The van der Waals surface area contributed by atoms with E-state index in [9.17, 15) is 19.2 Å². The predicted octanol–water partition coefficient (Wildman–Crippen LogP) is 7.34. The van der Waals surface area contributed by atoms with E-state index in [4.69, 9.17) is 34.8 Å². The molecule has 11 nitrogen and oxygen atoms in total. The van der Waals surface area contributed by atoms with Crippen molar-refractivity contribution in [3.63, 3.8) is 0 Å². The van der Waals surface area contributed by atoms with E-state index < -0.39 is 17.9 Å². The Hall–Kier alpha value is -5.71. The first-order chi connectivity index (χ1) is 25.2. The number of Topliss-reactive ketones (excluding diaryl/α,β-unsaturated/α-hetero) is 1. The van der Waals surface area contributed by atoms with Gasteiger partial charge in [0.25, 0.3) is 0 Å². The van der Waals surface area contributed by atoms with E-state index in [-0.39, 0.29) is 23.8 Å². The van der Waals surface area contributed by atoms with Gasteiger partial charge in [-0.2, -0.15) is 0 Å². The molecule has 0 atom stereocenters. The molecule has 0 aliphatic heterocycles. The van der Waals surface area contributed by atoms with E-state index in [1.54, 1.807) is 66.7 Å². The smallest absolute Gasteiger partial charge is 0.343 e. The highest BCUT2D eigenvalue weighted by molar-refractivity contribution is 5.98. The van der Waals surface area contributed by atoms with Gasteiger partial charge in [0, 0.05) is 29.7 Å². The van der Waals surface area contributed by atoms with Gasteiger partial charge in [-0.25, -0.2) is 14.4 Å². The van der Waals surface area contributed by atoms with Crippen molar-refractivity contribution in [3.05, 3.63) is 114 Å². The Kier molecular flexibility index (Phi) is 17.9. The van der Waals surface area contributed by atoms with Crippen LogP contribution < -0.4 is 19.9 Å². The Labute approximate surface area is 305 Å². The minimum absolute atomic E-state index is 0.0885. The Morgan fingerprint density at radius 1 is 0.615 bits per heavy atom. The largest absolute Gasteiger partial charge is 0.494 e. The lowest BCUT2D eigenvalue weighted by Crippen LogP contribution is -2.15. The minimum Gasteiger partial charge on any atom is -0.494 e. The van der Waals surface area contributed by atoms with Crippen LogP contribution in [0.3, 0.4) is 0 Å². The highest BCUT2D eigenvalue weighted by Gasteiger charge is 2.15. The van der Waals surface area contributed by atoms with Gasteiger partial charge in [0.05, 0.1) is 32.0 Å². The van der Waals surface area contributed by atoms with E-state index in [2.05, 4.69) is 13.2 Å². The maximum Gasteiger partial charge on any atom is 0.343 e. The summed E-state index contributed by atoms with van der Waals surface area (Å²) in [6, 6.07) is 18.4. The second-order valence-electron chi connectivity index (χ2n) is 11.9. The molecule has 0 aromatic heterocycles. The summed E-state index contributed by atoms with van der Waals surface area (Å²) >= 11 is 0. The number of carbonyl (C=O) groups is 4. The zero-order valence-corrected chi connectivity index (χ0v) is 29.6. The normalized spacial score (nSPS) is 10.5. The van der Waals surface area contributed by atoms with Crippen LogP contribution in [0.2, 0.25) is 0 Å². The van der Waals surface area contributed by atoms with Gasteiger partial charge in [-0.05, 0) is 130 Å². The molecule has 0 aliphatic carbocycles. The van der Waals surface area contributed by atoms with Gasteiger partial charge in [-0.1, -0.05) is 13.2 Å². The topological polar surface area (TPSA) is 164 Å². The zero-order valence-electron chi connectivity index (χ0n) is 29.6. The van der Waals surface area contributed by atoms with Crippen molar-refractivity contribution in [3.8, 4) is 17.2 Å². The summed E-state index contributed by atoms with van der Waals surface area (Å²) < 4.78 is 27.1. The fraction of sp³-hybridized carbons (Fsp3) is 0.341. The third kappa shape index (κ3) is 15.0. The highest BCUT2D eigenvalue weighted by atomic mass is 16.5. The van der Waals surface area contributed by atoms with Crippen LogP contribution in [0.5, 0.6) is 17.2 Å². The molecule has 0 saturated heterocycles. The SMILES string of the molecule is C=CC(=O)OCCCCCCOc1ccc(C(=O)CCc2cc(OC(=O)c3ccc(OCCCCCCOC(=O)C=C)cc3)ccc2C(=N)N)cc1. The first-order valence-electron chi connectivity index (χ1n) is 17.5. The molecule has 3 aromatic rings. The second-order valence-corrected chi connectivity index (χ2v) is 11.9. The summed E-state index contributed by atoms with van der Waals surface area (Å²) in [5, 5.41) is 7.99. The van der Waals surface area contributed by atoms with E-state index in [1.807, 2.05) is 0 Å². The fourth-order valence-corrected chi connectivity index (χ4v) is 5.04. The van der Waals surface area contributed by atoms with Crippen LogP contribution in [0.15, 0.2) is 92.0 Å². The number of nitrogen functional groups attached to an aromatic ring is 1. The summed E-state index contributed by atoms with van der Waals surface area (Å²) in [5.74, 6) is -0.0502. The van der Waals surface area contributed by atoms with Crippen molar-refractivity contribution in [2.75, 3.05) is 26.4 Å². The van der Waals surface area contributed by atoms with Crippen LogP contribution in [0.4, 0.5) is 0 Å². The summed E-state index contributed by atoms with van der Waals surface area (Å²) in [6.07, 6.45) is 9.72. The van der Waals surface area contributed by atoms with E-state index in [1.165, 1.54) is 0 Å². The molecule has 0 spiro atoms. The number of rotatable bonds is 25.